The second-order valence-electron chi connectivity index (χ2n) is 8.66. The first kappa shape index (κ1) is 21.8. The van der Waals surface area contributed by atoms with Crippen molar-refractivity contribution in [3.05, 3.63) is 90.8 Å². The first-order valence-electron chi connectivity index (χ1n) is 11.6. The second kappa shape index (κ2) is 9.83. The van der Waals surface area contributed by atoms with Crippen molar-refractivity contribution in [3.63, 3.8) is 0 Å². The third-order valence-electron chi connectivity index (χ3n) is 6.23. The molecule has 2 aromatic heterocycles. The molecule has 0 unspecified atom stereocenters. The molecule has 0 atom stereocenters. The van der Waals surface area contributed by atoms with Crippen molar-refractivity contribution in [2.24, 2.45) is 5.92 Å². The summed E-state index contributed by atoms with van der Waals surface area (Å²) in [6.07, 6.45) is 5.01. The molecule has 6 nitrogen and oxygen atoms in total. The Bertz CT molecular complexity index is 1250. The smallest absolute Gasteiger partial charge is 0.228 e. The summed E-state index contributed by atoms with van der Waals surface area (Å²) in [6, 6.07) is 24.3. The summed E-state index contributed by atoms with van der Waals surface area (Å²) < 4.78 is 0. The molecule has 1 aliphatic heterocycles. The van der Waals surface area contributed by atoms with Gasteiger partial charge in [-0.05, 0) is 49.1 Å². The lowest BCUT2D eigenvalue weighted by Gasteiger charge is -2.31. The van der Waals surface area contributed by atoms with Crippen LogP contribution in [0.15, 0.2) is 85.2 Å². The zero-order valence-corrected chi connectivity index (χ0v) is 19.2. The fourth-order valence-corrected chi connectivity index (χ4v) is 4.29. The monoisotopic (exact) mass is 449 g/mol. The summed E-state index contributed by atoms with van der Waals surface area (Å²) in [4.78, 5) is 28.7. The summed E-state index contributed by atoms with van der Waals surface area (Å²) >= 11 is 0. The summed E-state index contributed by atoms with van der Waals surface area (Å²) in [7, 11) is 0. The number of nitrogens with one attached hydrogen (secondary N) is 1. The molecule has 0 aliphatic carbocycles. The predicted molar refractivity (Wildman–Crippen MR) is 135 cm³/mol. The van der Waals surface area contributed by atoms with Gasteiger partial charge in [0.2, 0.25) is 11.9 Å². The van der Waals surface area contributed by atoms with Crippen molar-refractivity contribution < 1.29 is 4.79 Å². The maximum Gasteiger partial charge on any atom is 0.228 e. The van der Waals surface area contributed by atoms with Gasteiger partial charge in [-0.2, -0.15) is 0 Å². The van der Waals surface area contributed by atoms with Crippen LogP contribution in [-0.4, -0.2) is 33.9 Å². The van der Waals surface area contributed by atoms with Crippen molar-refractivity contribution in [2.45, 2.75) is 19.8 Å². The summed E-state index contributed by atoms with van der Waals surface area (Å²) in [5, 5.41) is 3.10. The normalized spacial score (nSPS) is 14.1. The number of nitrogens with zero attached hydrogens (tertiary/aromatic N) is 4. The van der Waals surface area contributed by atoms with Crippen LogP contribution < -0.4 is 10.2 Å². The number of carbonyl (C=O) groups is 1. The van der Waals surface area contributed by atoms with E-state index in [9.17, 15) is 4.79 Å². The van der Waals surface area contributed by atoms with Crippen molar-refractivity contribution in [3.8, 4) is 22.4 Å². The number of rotatable bonds is 5. The van der Waals surface area contributed by atoms with E-state index < -0.39 is 0 Å². The number of benzene rings is 2. The van der Waals surface area contributed by atoms with Gasteiger partial charge in [-0.25, -0.2) is 15.0 Å². The minimum Gasteiger partial charge on any atom is -0.341 e. The third kappa shape index (κ3) is 4.96. The molecule has 0 saturated carbocycles. The van der Waals surface area contributed by atoms with E-state index in [1.807, 2.05) is 42.5 Å². The van der Waals surface area contributed by atoms with Crippen LogP contribution in [0.5, 0.6) is 0 Å². The van der Waals surface area contributed by atoms with Gasteiger partial charge in [-0.1, -0.05) is 60.2 Å². The van der Waals surface area contributed by atoms with E-state index >= 15 is 0 Å². The largest absolute Gasteiger partial charge is 0.341 e. The fourth-order valence-electron chi connectivity index (χ4n) is 4.29. The van der Waals surface area contributed by atoms with Crippen molar-refractivity contribution >= 4 is 17.7 Å². The van der Waals surface area contributed by atoms with Gasteiger partial charge in [-0.15, -0.1) is 0 Å². The molecule has 1 amide bonds. The molecule has 5 rings (SSSR count). The fraction of sp³-hybridized carbons (Fsp3) is 0.214. The predicted octanol–water partition coefficient (Wildman–Crippen LogP) is 5.37. The Labute approximate surface area is 199 Å². The molecule has 4 aromatic rings. The highest BCUT2D eigenvalue weighted by Crippen LogP contribution is 2.29. The number of piperidine rings is 1. The molecule has 34 heavy (non-hydrogen) atoms. The van der Waals surface area contributed by atoms with E-state index in [4.69, 9.17) is 4.98 Å². The number of aromatic nitrogens is 3. The van der Waals surface area contributed by atoms with Gasteiger partial charge in [0.25, 0.3) is 0 Å². The second-order valence-corrected chi connectivity index (χ2v) is 8.66. The van der Waals surface area contributed by atoms with E-state index in [1.54, 1.807) is 12.4 Å². The highest BCUT2D eigenvalue weighted by atomic mass is 16.1. The lowest BCUT2D eigenvalue weighted by atomic mass is 9.96. The highest BCUT2D eigenvalue weighted by molar-refractivity contribution is 5.93. The SMILES string of the molecule is Cc1ccc(-c2cc(NC(=O)C3CCN(c4ncccn4)CC3)nc(-c3ccccc3)c2)cc1. The van der Waals surface area contributed by atoms with Crippen LogP contribution in [0, 0.1) is 12.8 Å². The number of anilines is 2. The van der Waals surface area contributed by atoms with Gasteiger partial charge in [0, 0.05) is 37.0 Å². The highest BCUT2D eigenvalue weighted by Gasteiger charge is 2.26. The van der Waals surface area contributed by atoms with E-state index in [2.05, 4.69) is 57.4 Å². The van der Waals surface area contributed by atoms with Crippen LogP contribution in [-0.2, 0) is 4.79 Å². The first-order valence-corrected chi connectivity index (χ1v) is 11.6. The third-order valence-corrected chi connectivity index (χ3v) is 6.23. The summed E-state index contributed by atoms with van der Waals surface area (Å²) in [5.74, 6) is 1.25. The Morgan fingerprint density at radius 2 is 1.56 bits per heavy atom. The molecule has 1 N–H and O–H groups in total. The maximum atomic E-state index is 13.2. The number of carbonyl (C=O) groups excluding carboxylic acids is 1. The van der Waals surface area contributed by atoms with Crippen LogP contribution in [0.2, 0.25) is 0 Å². The molecule has 2 aromatic carbocycles. The van der Waals surface area contributed by atoms with Crippen LogP contribution in [0.1, 0.15) is 18.4 Å². The number of amides is 1. The van der Waals surface area contributed by atoms with Gasteiger partial charge >= 0.3 is 0 Å². The quantitative estimate of drug-likeness (QED) is 0.444. The summed E-state index contributed by atoms with van der Waals surface area (Å²) in [6.45, 7) is 3.59. The lowest BCUT2D eigenvalue weighted by Crippen LogP contribution is -2.39. The molecule has 3 heterocycles. The average molecular weight is 450 g/mol. The van der Waals surface area contributed by atoms with Crippen molar-refractivity contribution in [1.29, 1.82) is 0 Å². The summed E-state index contributed by atoms with van der Waals surface area (Å²) in [5.41, 5.74) is 5.19. The van der Waals surface area contributed by atoms with E-state index in [0.717, 1.165) is 54.3 Å². The number of aryl methyl sites for hydroxylation is 1. The lowest BCUT2D eigenvalue weighted by molar-refractivity contribution is -0.120. The van der Waals surface area contributed by atoms with E-state index in [1.165, 1.54) is 5.56 Å². The molecule has 1 saturated heterocycles. The number of hydrogen-bond acceptors (Lipinski definition) is 5. The number of pyridine rings is 1. The molecule has 170 valence electrons. The van der Waals surface area contributed by atoms with Gasteiger partial charge in [-0.3, -0.25) is 4.79 Å². The Morgan fingerprint density at radius 1 is 0.853 bits per heavy atom. The van der Waals surface area contributed by atoms with Crippen LogP contribution in [0.3, 0.4) is 0 Å². The van der Waals surface area contributed by atoms with Gasteiger partial charge < -0.3 is 10.2 Å². The zero-order chi connectivity index (χ0) is 23.3. The molecular weight excluding hydrogens is 422 g/mol. The zero-order valence-electron chi connectivity index (χ0n) is 19.2. The van der Waals surface area contributed by atoms with Gasteiger partial charge in [0.05, 0.1) is 5.69 Å². The van der Waals surface area contributed by atoms with Gasteiger partial charge in [0.15, 0.2) is 0 Å². The van der Waals surface area contributed by atoms with E-state index in [-0.39, 0.29) is 11.8 Å². The van der Waals surface area contributed by atoms with Crippen LogP contribution >= 0.6 is 0 Å². The molecular formula is C28H27N5O. The molecule has 6 heteroatoms. The topological polar surface area (TPSA) is 71.0 Å². The average Bonchev–Trinajstić information content (AvgIpc) is 2.90. The Morgan fingerprint density at radius 3 is 2.26 bits per heavy atom. The minimum atomic E-state index is -0.0648. The van der Waals surface area contributed by atoms with Crippen LogP contribution in [0.4, 0.5) is 11.8 Å². The van der Waals surface area contributed by atoms with Crippen molar-refractivity contribution in [2.75, 3.05) is 23.3 Å². The molecule has 0 spiro atoms. The first-order chi connectivity index (χ1) is 16.7. The molecule has 0 radical (unpaired) electrons. The Balaban J connectivity index is 1.36. The Hall–Kier alpha value is -4.06. The maximum absolute atomic E-state index is 13.2. The standard InChI is InChI=1S/C28H27N5O/c1-20-8-10-21(11-9-20)24-18-25(22-6-3-2-4-7-22)31-26(19-24)32-27(34)23-12-16-33(17-13-23)28-29-14-5-15-30-28/h2-11,14-15,18-19,23H,12-13,16-17H2,1H3,(H,31,32,34). The molecule has 0 bridgehead atoms. The van der Waals surface area contributed by atoms with Gasteiger partial charge in [0.1, 0.15) is 5.82 Å². The molecule has 1 fully saturated rings. The minimum absolute atomic E-state index is 0.0150. The van der Waals surface area contributed by atoms with Crippen LogP contribution in [0.25, 0.3) is 22.4 Å². The number of hydrogen-bond donors (Lipinski definition) is 1. The molecule has 1 aliphatic rings. The Kier molecular flexibility index (Phi) is 6.29. The van der Waals surface area contributed by atoms with Crippen molar-refractivity contribution in [1.82, 2.24) is 15.0 Å². The van der Waals surface area contributed by atoms with E-state index in [0.29, 0.717) is 5.82 Å².